The lowest BCUT2D eigenvalue weighted by atomic mass is 10.1. The molecule has 6 heteroatoms. The Hall–Kier alpha value is -1.69. The summed E-state index contributed by atoms with van der Waals surface area (Å²) in [6, 6.07) is 7.69. The molecule has 0 unspecified atom stereocenters. The second kappa shape index (κ2) is 6.85. The first-order valence-electron chi connectivity index (χ1n) is 6.88. The average Bonchev–Trinajstić information content (AvgIpc) is 2.80. The molecular formula is C15H20N2O3S. The van der Waals surface area contributed by atoms with Gasteiger partial charge in [-0.1, -0.05) is 18.2 Å². The molecule has 2 amide bonds. The Morgan fingerprint density at radius 1 is 1.43 bits per heavy atom. The Morgan fingerprint density at radius 2 is 2.14 bits per heavy atom. The molecule has 1 heterocycles. The zero-order chi connectivity index (χ0) is 15.4. The predicted molar refractivity (Wildman–Crippen MR) is 83.2 cm³/mol. The lowest BCUT2D eigenvalue weighted by Gasteiger charge is -2.25. The quantitative estimate of drug-likeness (QED) is 0.901. The minimum Gasteiger partial charge on any atom is -0.496 e. The highest BCUT2D eigenvalue weighted by atomic mass is 32.2. The average molecular weight is 308 g/mol. The zero-order valence-corrected chi connectivity index (χ0v) is 13.3. The molecule has 0 saturated carbocycles. The second-order valence-electron chi connectivity index (χ2n) is 4.83. The lowest BCUT2D eigenvalue weighted by Crippen LogP contribution is -2.34. The summed E-state index contributed by atoms with van der Waals surface area (Å²) in [6.07, 6.45) is 0.307. The van der Waals surface area contributed by atoms with Crippen LogP contribution in [0.4, 0.5) is 0 Å². The molecule has 1 aromatic carbocycles. The number of thioether (sulfide) groups is 1. The number of rotatable bonds is 5. The maximum Gasteiger partial charge on any atom is 0.236 e. The standard InChI is InChI=1S/C15H20N2O3S/c1-10-14(19)17(9-8-13(18)16-2)15(21-10)11-6-4-5-7-12(11)20-3/h4-7,10,15H,8-9H2,1-3H3,(H,16,18)/t10-,15-/m1/s1. The molecular weight excluding hydrogens is 288 g/mol. The molecule has 5 nitrogen and oxygen atoms in total. The number of hydrogen-bond donors (Lipinski definition) is 1. The summed E-state index contributed by atoms with van der Waals surface area (Å²) >= 11 is 1.59. The zero-order valence-electron chi connectivity index (χ0n) is 12.5. The SMILES string of the molecule is CNC(=O)CCN1C(=O)[C@@H](C)S[C@@H]1c1ccccc1OC. The van der Waals surface area contributed by atoms with Gasteiger partial charge in [0.25, 0.3) is 0 Å². The van der Waals surface area contributed by atoms with Gasteiger partial charge in [-0.3, -0.25) is 9.59 Å². The summed E-state index contributed by atoms with van der Waals surface area (Å²) < 4.78 is 5.39. The molecule has 0 spiro atoms. The van der Waals surface area contributed by atoms with Crippen LogP contribution in [0.1, 0.15) is 24.3 Å². The van der Waals surface area contributed by atoms with E-state index in [1.165, 1.54) is 0 Å². The van der Waals surface area contributed by atoms with Crippen molar-refractivity contribution >= 4 is 23.6 Å². The van der Waals surface area contributed by atoms with Crippen molar-refractivity contribution in [2.75, 3.05) is 20.7 Å². The van der Waals surface area contributed by atoms with Crippen molar-refractivity contribution in [2.24, 2.45) is 0 Å². The third-order valence-electron chi connectivity index (χ3n) is 3.51. The number of amides is 2. The van der Waals surface area contributed by atoms with Gasteiger partial charge in [-0.25, -0.2) is 0 Å². The number of para-hydroxylation sites is 1. The van der Waals surface area contributed by atoms with Crippen LogP contribution in [0.5, 0.6) is 5.75 Å². The fourth-order valence-corrected chi connectivity index (χ4v) is 3.70. The normalized spacial score (nSPS) is 21.5. The number of hydrogen-bond acceptors (Lipinski definition) is 4. The highest BCUT2D eigenvalue weighted by Gasteiger charge is 2.39. The van der Waals surface area contributed by atoms with E-state index < -0.39 is 0 Å². The van der Waals surface area contributed by atoms with Crippen LogP contribution in [0.15, 0.2) is 24.3 Å². The monoisotopic (exact) mass is 308 g/mol. The van der Waals surface area contributed by atoms with Crippen LogP contribution in [-0.2, 0) is 9.59 Å². The van der Waals surface area contributed by atoms with Crippen LogP contribution in [0.3, 0.4) is 0 Å². The maximum absolute atomic E-state index is 12.3. The number of ether oxygens (including phenoxy) is 1. The van der Waals surface area contributed by atoms with Crippen molar-refractivity contribution in [2.45, 2.75) is 24.0 Å². The molecule has 2 atom stereocenters. The molecule has 21 heavy (non-hydrogen) atoms. The van der Waals surface area contributed by atoms with Crippen molar-refractivity contribution < 1.29 is 14.3 Å². The van der Waals surface area contributed by atoms with E-state index >= 15 is 0 Å². The molecule has 0 aliphatic carbocycles. The molecule has 0 aromatic heterocycles. The Balaban J connectivity index is 2.23. The summed E-state index contributed by atoms with van der Waals surface area (Å²) in [4.78, 5) is 25.5. The molecule has 1 saturated heterocycles. The van der Waals surface area contributed by atoms with Crippen LogP contribution < -0.4 is 10.1 Å². The number of carbonyl (C=O) groups excluding carboxylic acids is 2. The van der Waals surface area contributed by atoms with Gasteiger partial charge in [0.1, 0.15) is 11.1 Å². The van der Waals surface area contributed by atoms with Crippen molar-refractivity contribution in [3.8, 4) is 5.75 Å². The van der Waals surface area contributed by atoms with E-state index in [1.807, 2.05) is 31.2 Å². The van der Waals surface area contributed by atoms with Crippen molar-refractivity contribution in [1.29, 1.82) is 0 Å². The smallest absolute Gasteiger partial charge is 0.236 e. The number of methoxy groups -OCH3 is 1. The highest BCUT2D eigenvalue weighted by molar-refractivity contribution is 8.01. The van der Waals surface area contributed by atoms with E-state index in [9.17, 15) is 9.59 Å². The van der Waals surface area contributed by atoms with E-state index in [0.29, 0.717) is 13.0 Å². The Labute approximate surface area is 129 Å². The topological polar surface area (TPSA) is 58.6 Å². The third kappa shape index (κ3) is 3.32. The van der Waals surface area contributed by atoms with Gasteiger partial charge < -0.3 is 15.0 Å². The molecule has 1 N–H and O–H groups in total. The predicted octanol–water partition coefficient (Wildman–Crippen LogP) is 1.79. The maximum atomic E-state index is 12.3. The molecule has 0 bridgehead atoms. The van der Waals surface area contributed by atoms with Gasteiger partial charge in [0.2, 0.25) is 11.8 Å². The molecule has 1 aromatic rings. The second-order valence-corrected chi connectivity index (χ2v) is 6.25. The van der Waals surface area contributed by atoms with Crippen molar-refractivity contribution in [1.82, 2.24) is 10.2 Å². The van der Waals surface area contributed by atoms with Crippen molar-refractivity contribution in [3.63, 3.8) is 0 Å². The van der Waals surface area contributed by atoms with E-state index in [-0.39, 0.29) is 22.4 Å². The van der Waals surface area contributed by atoms with Gasteiger partial charge in [-0.2, -0.15) is 0 Å². The van der Waals surface area contributed by atoms with E-state index in [1.54, 1.807) is 30.8 Å². The van der Waals surface area contributed by atoms with E-state index in [2.05, 4.69) is 5.32 Å². The molecule has 1 aliphatic rings. The minimum absolute atomic E-state index is 0.0638. The Bertz CT molecular complexity index is 535. The first-order valence-corrected chi connectivity index (χ1v) is 7.82. The van der Waals surface area contributed by atoms with Gasteiger partial charge in [0.15, 0.2) is 0 Å². The molecule has 2 rings (SSSR count). The van der Waals surface area contributed by atoms with Crippen LogP contribution in [0, 0.1) is 0 Å². The lowest BCUT2D eigenvalue weighted by molar-refractivity contribution is -0.130. The Morgan fingerprint density at radius 3 is 2.81 bits per heavy atom. The van der Waals surface area contributed by atoms with Gasteiger partial charge in [0, 0.05) is 25.6 Å². The first kappa shape index (κ1) is 15.7. The number of carbonyl (C=O) groups is 2. The summed E-state index contributed by atoms with van der Waals surface area (Å²) in [5.74, 6) is 0.771. The number of nitrogens with zero attached hydrogens (tertiary/aromatic N) is 1. The highest BCUT2D eigenvalue weighted by Crippen LogP contribution is 2.45. The fraction of sp³-hybridized carbons (Fsp3) is 0.467. The molecule has 0 radical (unpaired) electrons. The van der Waals surface area contributed by atoms with Crippen LogP contribution in [-0.4, -0.2) is 42.7 Å². The summed E-state index contributed by atoms with van der Waals surface area (Å²) in [5.41, 5.74) is 0.972. The van der Waals surface area contributed by atoms with E-state index in [4.69, 9.17) is 4.74 Å². The summed E-state index contributed by atoms with van der Waals surface area (Å²) in [7, 11) is 3.22. The summed E-state index contributed by atoms with van der Waals surface area (Å²) in [6.45, 7) is 2.31. The fourth-order valence-electron chi connectivity index (χ4n) is 2.36. The van der Waals surface area contributed by atoms with Crippen LogP contribution >= 0.6 is 11.8 Å². The van der Waals surface area contributed by atoms with Crippen LogP contribution in [0.2, 0.25) is 0 Å². The van der Waals surface area contributed by atoms with Gasteiger partial charge in [-0.05, 0) is 13.0 Å². The third-order valence-corrected chi connectivity index (χ3v) is 4.89. The first-order chi connectivity index (χ1) is 10.1. The largest absolute Gasteiger partial charge is 0.496 e. The van der Waals surface area contributed by atoms with E-state index in [0.717, 1.165) is 11.3 Å². The van der Waals surface area contributed by atoms with Crippen LogP contribution in [0.25, 0.3) is 0 Å². The van der Waals surface area contributed by atoms with Crippen molar-refractivity contribution in [3.05, 3.63) is 29.8 Å². The number of benzene rings is 1. The minimum atomic E-state index is -0.107. The number of nitrogens with one attached hydrogen (secondary N) is 1. The summed E-state index contributed by atoms with van der Waals surface area (Å²) in [5, 5.41) is 2.37. The van der Waals surface area contributed by atoms with Gasteiger partial charge in [-0.15, -0.1) is 11.8 Å². The molecule has 114 valence electrons. The molecule has 1 fully saturated rings. The Kier molecular flexibility index (Phi) is 5.12. The van der Waals surface area contributed by atoms with Gasteiger partial charge >= 0.3 is 0 Å². The molecule has 1 aliphatic heterocycles. The van der Waals surface area contributed by atoms with Gasteiger partial charge in [0.05, 0.1) is 12.4 Å².